The van der Waals surface area contributed by atoms with Gasteiger partial charge in [-0.2, -0.15) is 0 Å². The molecule has 0 N–H and O–H groups in total. The van der Waals surface area contributed by atoms with E-state index in [2.05, 4.69) is 0 Å². The molecule has 2 aromatic carbocycles. The summed E-state index contributed by atoms with van der Waals surface area (Å²) in [5.41, 5.74) is 1.37. The van der Waals surface area contributed by atoms with E-state index in [0.29, 0.717) is 18.7 Å². The Labute approximate surface area is 157 Å². The number of rotatable bonds is 6. The average molecular weight is 368 g/mol. The third kappa shape index (κ3) is 4.05. The van der Waals surface area contributed by atoms with E-state index in [1.54, 1.807) is 6.92 Å². The predicted octanol–water partition coefficient (Wildman–Crippen LogP) is 2.94. The van der Waals surface area contributed by atoms with Gasteiger partial charge in [-0.3, -0.25) is 14.4 Å². The molecule has 0 aromatic heterocycles. The van der Waals surface area contributed by atoms with Crippen molar-refractivity contribution in [3.8, 4) is 0 Å². The minimum absolute atomic E-state index is 0.0588. The molecule has 0 spiro atoms. The van der Waals surface area contributed by atoms with Crippen molar-refractivity contribution in [2.45, 2.75) is 32.2 Å². The molecular weight excluding hydrogens is 347 g/mol. The largest absolute Gasteiger partial charge is 0.330 e. The highest BCUT2D eigenvalue weighted by Crippen LogP contribution is 2.26. The van der Waals surface area contributed by atoms with Gasteiger partial charge in [0.1, 0.15) is 11.9 Å². The first-order chi connectivity index (χ1) is 13.0. The number of benzene rings is 2. The van der Waals surface area contributed by atoms with Gasteiger partial charge in [-0.15, -0.1) is 0 Å². The van der Waals surface area contributed by atoms with Crippen LogP contribution in [0.5, 0.6) is 0 Å². The van der Waals surface area contributed by atoms with Gasteiger partial charge in [-0.1, -0.05) is 37.3 Å². The number of nitrogens with zero attached hydrogens (tertiary/aromatic N) is 2. The van der Waals surface area contributed by atoms with E-state index in [-0.39, 0.29) is 24.7 Å². The number of anilines is 1. The van der Waals surface area contributed by atoms with Crippen LogP contribution in [0.2, 0.25) is 0 Å². The van der Waals surface area contributed by atoms with Crippen molar-refractivity contribution in [3.63, 3.8) is 0 Å². The minimum atomic E-state index is -0.821. The van der Waals surface area contributed by atoms with Crippen LogP contribution in [0.25, 0.3) is 0 Å². The molecular formula is C21H21FN2O3. The Hall–Kier alpha value is -3.02. The molecule has 0 saturated carbocycles. The molecule has 5 nitrogen and oxygen atoms in total. The Morgan fingerprint density at radius 2 is 1.78 bits per heavy atom. The third-order valence-corrected chi connectivity index (χ3v) is 4.69. The van der Waals surface area contributed by atoms with Crippen LogP contribution in [0.3, 0.4) is 0 Å². The van der Waals surface area contributed by atoms with Crippen molar-refractivity contribution in [1.29, 1.82) is 0 Å². The normalized spacial score (nSPS) is 16.7. The van der Waals surface area contributed by atoms with Crippen LogP contribution in [-0.2, 0) is 20.8 Å². The molecule has 1 saturated heterocycles. The molecule has 1 aliphatic rings. The zero-order valence-corrected chi connectivity index (χ0v) is 15.1. The molecule has 140 valence electrons. The maximum absolute atomic E-state index is 13.1. The molecule has 27 heavy (non-hydrogen) atoms. The lowest BCUT2D eigenvalue weighted by Crippen LogP contribution is -2.46. The number of hydrogen-bond donors (Lipinski definition) is 0. The van der Waals surface area contributed by atoms with Gasteiger partial charge in [-0.25, -0.2) is 9.29 Å². The first kappa shape index (κ1) is 18.8. The smallest absolute Gasteiger partial charge is 0.257 e. The van der Waals surface area contributed by atoms with E-state index in [4.69, 9.17) is 0 Å². The highest BCUT2D eigenvalue weighted by atomic mass is 19.1. The molecule has 1 unspecified atom stereocenters. The molecule has 6 heteroatoms. The quantitative estimate of drug-likeness (QED) is 0.737. The highest BCUT2D eigenvalue weighted by Gasteiger charge is 2.43. The van der Waals surface area contributed by atoms with Crippen LogP contribution in [-0.4, -0.2) is 35.2 Å². The Morgan fingerprint density at radius 3 is 2.41 bits per heavy atom. The first-order valence-corrected chi connectivity index (χ1v) is 8.97. The summed E-state index contributed by atoms with van der Waals surface area (Å²) in [6.45, 7) is 2.09. The molecule has 2 aromatic rings. The zero-order chi connectivity index (χ0) is 19.4. The Balaban J connectivity index is 1.80. The van der Waals surface area contributed by atoms with Crippen LogP contribution in [0.1, 0.15) is 25.3 Å². The molecule has 0 bridgehead atoms. The van der Waals surface area contributed by atoms with E-state index in [1.807, 2.05) is 30.3 Å². The van der Waals surface area contributed by atoms with Gasteiger partial charge in [0.05, 0.1) is 12.1 Å². The summed E-state index contributed by atoms with van der Waals surface area (Å²) in [6, 6.07) is 14.0. The molecule has 0 aliphatic carbocycles. The standard InChI is InChI=1S/C21H21FN2O3/c1-2-19(25)23(13-12-15-6-4-3-5-7-15)18-14-20(26)24(21(18)27)17-10-8-16(22)9-11-17/h3-11,18H,2,12-14H2,1H3. The number of carbonyl (C=O) groups is 3. The Bertz CT molecular complexity index is 836. The first-order valence-electron chi connectivity index (χ1n) is 8.97. The van der Waals surface area contributed by atoms with Gasteiger partial charge in [0.2, 0.25) is 11.8 Å². The van der Waals surface area contributed by atoms with Gasteiger partial charge in [0.25, 0.3) is 5.91 Å². The molecule has 3 rings (SSSR count). The van der Waals surface area contributed by atoms with Crippen molar-refractivity contribution < 1.29 is 18.8 Å². The van der Waals surface area contributed by atoms with Crippen molar-refractivity contribution in [1.82, 2.24) is 4.90 Å². The summed E-state index contributed by atoms with van der Waals surface area (Å²) in [6.07, 6.45) is 0.793. The zero-order valence-electron chi connectivity index (χ0n) is 15.1. The fourth-order valence-corrected chi connectivity index (χ4v) is 3.27. The number of hydrogen-bond acceptors (Lipinski definition) is 3. The van der Waals surface area contributed by atoms with Crippen LogP contribution in [0.4, 0.5) is 10.1 Å². The van der Waals surface area contributed by atoms with Gasteiger partial charge in [-0.05, 0) is 36.2 Å². The maximum Gasteiger partial charge on any atom is 0.257 e. The Kier molecular flexibility index (Phi) is 5.64. The van der Waals surface area contributed by atoms with Crippen LogP contribution in [0, 0.1) is 5.82 Å². The highest BCUT2D eigenvalue weighted by molar-refractivity contribution is 6.23. The Morgan fingerprint density at radius 1 is 1.11 bits per heavy atom. The molecule has 1 heterocycles. The molecule has 1 fully saturated rings. The summed E-state index contributed by atoms with van der Waals surface area (Å²) < 4.78 is 13.1. The van der Waals surface area contributed by atoms with Gasteiger partial charge in [0, 0.05) is 13.0 Å². The van der Waals surface area contributed by atoms with E-state index in [1.165, 1.54) is 29.2 Å². The van der Waals surface area contributed by atoms with Crippen molar-refractivity contribution in [3.05, 3.63) is 66.0 Å². The van der Waals surface area contributed by atoms with Gasteiger partial charge < -0.3 is 4.90 Å². The van der Waals surface area contributed by atoms with E-state index in [9.17, 15) is 18.8 Å². The van der Waals surface area contributed by atoms with Crippen LogP contribution < -0.4 is 4.90 Å². The van der Waals surface area contributed by atoms with Crippen LogP contribution >= 0.6 is 0 Å². The van der Waals surface area contributed by atoms with Crippen molar-refractivity contribution in [2.75, 3.05) is 11.4 Å². The lowest BCUT2D eigenvalue weighted by atomic mass is 10.1. The molecule has 1 aliphatic heterocycles. The summed E-state index contributed by atoms with van der Waals surface area (Å²) in [5.74, 6) is -1.44. The molecule has 0 radical (unpaired) electrons. The third-order valence-electron chi connectivity index (χ3n) is 4.69. The second-order valence-corrected chi connectivity index (χ2v) is 6.44. The second kappa shape index (κ2) is 8.12. The maximum atomic E-state index is 13.1. The topological polar surface area (TPSA) is 57.7 Å². The average Bonchev–Trinajstić information content (AvgIpc) is 2.97. The monoisotopic (exact) mass is 368 g/mol. The number of halogens is 1. The van der Waals surface area contributed by atoms with Gasteiger partial charge >= 0.3 is 0 Å². The second-order valence-electron chi connectivity index (χ2n) is 6.44. The molecule has 3 amide bonds. The molecule has 1 atom stereocenters. The number of carbonyl (C=O) groups excluding carboxylic acids is 3. The van der Waals surface area contributed by atoms with E-state index in [0.717, 1.165) is 10.5 Å². The summed E-state index contributed by atoms with van der Waals surface area (Å²) in [4.78, 5) is 40.3. The summed E-state index contributed by atoms with van der Waals surface area (Å²) in [5, 5.41) is 0. The summed E-state index contributed by atoms with van der Waals surface area (Å²) in [7, 11) is 0. The minimum Gasteiger partial charge on any atom is -0.330 e. The summed E-state index contributed by atoms with van der Waals surface area (Å²) >= 11 is 0. The fraction of sp³-hybridized carbons (Fsp3) is 0.286. The van der Waals surface area contributed by atoms with Crippen LogP contribution in [0.15, 0.2) is 54.6 Å². The SMILES string of the molecule is CCC(=O)N(CCc1ccccc1)C1CC(=O)N(c2ccc(F)cc2)C1=O. The predicted molar refractivity (Wildman–Crippen MR) is 99.4 cm³/mol. The van der Waals surface area contributed by atoms with Crippen molar-refractivity contribution >= 4 is 23.4 Å². The van der Waals surface area contributed by atoms with E-state index >= 15 is 0 Å². The fourth-order valence-electron chi connectivity index (χ4n) is 3.27. The lowest BCUT2D eigenvalue weighted by Gasteiger charge is -2.27. The van der Waals surface area contributed by atoms with Crippen molar-refractivity contribution in [2.24, 2.45) is 0 Å². The number of amides is 3. The lowest BCUT2D eigenvalue weighted by molar-refractivity contribution is -0.138. The number of imide groups is 1. The van der Waals surface area contributed by atoms with Gasteiger partial charge in [0.15, 0.2) is 0 Å². The van der Waals surface area contributed by atoms with E-state index < -0.39 is 17.8 Å².